The molecule has 2 aromatic heterocycles. The average Bonchev–Trinajstić information content (AvgIpc) is 3.07. The zero-order valence-electron chi connectivity index (χ0n) is 12.0. The van der Waals surface area contributed by atoms with Crippen molar-refractivity contribution in [1.82, 2.24) is 9.38 Å². The van der Waals surface area contributed by atoms with Crippen molar-refractivity contribution < 1.29 is 9.53 Å². The van der Waals surface area contributed by atoms with E-state index in [1.165, 1.54) is 18.4 Å². The van der Waals surface area contributed by atoms with Crippen LogP contribution in [-0.4, -0.2) is 28.6 Å². The molecule has 0 unspecified atom stereocenters. The number of pyridine rings is 1. The van der Waals surface area contributed by atoms with Crippen molar-refractivity contribution in [3.63, 3.8) is 0 Å². The lowest BCUT2D eigenvalue weighted by molar-refractivity contribution is 0.181. The summed E-state index contributed by atoms with van der Waals surface area (Å²) in [7, 11) is 0. The predicted molar refractivity (Wildman–Crippen MR) is 78.5 cm³/mol. The standard InChI is InChI=1S/C15H18N4O2/c1-9(16)12-8-18-7-11(10-2-3-10)6-13(14(18)17-12)19-4-5-21-15(19)20/h6-10H,2-5,16H2,1H3/t9-/m1/s1. The van der Waals surface area contributed by atoms with E-state index in [2.05, 4.69) is 17.2 Å². The molecule has 2 fully saturated rings. The van der Waals surface area contributed by atoms with Crippen molar-refractivity contribution in [1.29, 1.82) is 0 Å². The van der Waals surface area contributed by atoms with Crippen molar-refractivity contribution in [3.8, 4) is 0 Å². The normalized spacial score (nSPS) is 20.1. The lowest BCUT2D eigenvalue weighted by Crippen LogP contribution is -2.24. The first-order valence-corrected chi connectivity index (χ1v) is 7.36. The maximum absolute atomic E-state index is 11.9. The van der Waals surface area contributed by atoms with Crippen LogP contribution in [0.3, 0.4) is 0 Å². The highest BCUT2D eigenvalue weighted by molar-refractivity contribution is 5.93. The number of imidazole rings is 1. The second kappa shape index (κ2) is 4.46. The summed E-state index contributed by atoms with van der Waals surface area (Å²) in [5, 5.41) is 0. The first-order chi connectivity index (χ1) is 10.1. The van der Waals surface area contributed by atoms with Crippen molar-refractivity contribution in [2.24, 2.45) is 5.73 Å². The third kappa shape index (κ3) is 2.06. The van der Waals surface area contributed by atoms with Crippen LogP contribution in [0.1, 0.15) is 43.0 Å². The van der Waals surface area contributed by atoms with E-state index in [1.807, 2.05) is 17.5 Å². The molecule has 1 atom stereocenters. The molecule has 6 nitrogen and oxygen atoms in total. The Kier molecular flexibility index (Phi) is 2.68. The number of fused-ring (bicyclic) bond motifs is 1. The van der Waals surface area contributed by atoms with Crippen LogP contribution in [0.5, 0.6) is 0 Å². The van der Waals surface area contributed by atoms with Gasteiger partial charge >= 0.3 is 6.09 Å². The minimum absolute atomic E-state index is 0.132. The molecule has 1 saturated heterocycles. The quantitative estimate of drug-likeness (QED) is 0.938. The van der Waals surface area contributed by atoms with Crippen LogP contribution in [0.2, 0.25) is 0 Å². The average molecular weight is 286 g/mol. The predicted octanol–water partition coefficient (Wildman–Crippen LogP) is 2.19. The molecule has 2 N–H and O–H groups in total. The van der Waals surface area contributed by atoms with Crippen molar-refractivity contribution in [2.75, 3.05) is 18.1 Å². The summed E-state index contributed by atoms with van der Waals surface area (Å²) in [5.74, 6) is 0.605. The second-order valence-electron chi connectivity index (χ2n) is 5.88. The fourth-order valence-corrected chi connectivity index (χ4v) is 2.79. The minimum Gasteiger partial charge on any atom is -0.447 e. The highest BCUT2D eigenvalue weighted by atomic mass is 16.6. The van der Waals surface area contributed by atoms with Gasteiger partial charge in [0.1, 0.15) is 6.61 Å². The molecule has 1 aliphatic carbocycles. The molecule has 1 amide bonds. The lowest BCUT2D eigenvalue weighted by atomic mass is 10.1. The maximum Gasteiger partial charge on any atom is 0.414 e. The van der Waals surface area contributed by atoms with Gasteiger partial charge in [-0.2, -0.15) is 0 Å². The van der Waals surface area contributed by atoms with Gasteiger partial charge in [0.15, 0.2) is 5.65 Å². The third-order valence-electron chi connectivity index (χ3n) is 4.14. The van der Waals surface area contributed by atoms with Crippen LogP contribution in [-0.2, 0) is 4.74 Å². The maximum atomic E-state index is 11.9. The number of carbonyl (C=O) groups excluding carboxylic acids is 1. The second-order valence-corrected chi connectivity index (χ2v) is 5.88. The first kappa shape index (κ1) is 12.6. The van der Waals surface area contributed by atoms with Crippen LogP contribution in [0.4, 0.5) is 10.5 Å². The largest absolute Gasteiger partial charge is 0.447 e. The van der Waals surface area contributed by atoms with Gasteiger partial charge < -0.3 is 14.9 Å². The molecule has 0 aromatic carbocycles. The Morgan fingerprint density at radius 3 is 2.86 bits per heavy atom. The molecule has 0 bridgehead atoms. The summed E-state index contributed by atoms with van der Waals surface area (Å²) in [5.41, 5.74) is 9.62. The number of amides is 1. The smallest absolute Gasteiger partial charge is 0.414 e. The first-order valence-electron chi connectivity index (χ1n) is 7.36. The molecule has 0 radical (unpaired) electrons. The number of cyclic esters (lactones) is 1. The Morgan fingerprint density at radius 2 is 2.24 bits per heavy atom. The van der Waals surface area contributed by atoms with Gasteiger partial charge in [0.05, 0.1) is 17.9 Å². The van der Waals surface area contributed by atoms with Crippen LogP contribution in [0.25, 0.3) is 5.65 Å². The molecule has 6 heteroatoms. The number of anilines is 1. The van der Waals surface area contributed by atoms with E-state index in [9.17, 15) is 4.79 Å². The number of nitrogens with zero attached hydrogens (tertiary/aromatic N) is 3. The molecule has 21 heavy (non-hydrogen) atoms. The Labute approximate surface area is 122 Å². The Hall–Kier alpha value is -2.08. The molecule has 3 heterocycles. The van der Waals surface area contributed by atoms with Gasteiger partial charge in [-0.1, -0.05) is 0 Å². The number of rotatable bonds is 3. The number of carbonyl (C=O) groups is 1. The summed E-state index contributed by atoms with van der Waals surface area (Å²) in [6.07, 6.45) is 6.19. The molecule has 0 spiro atoms. The van der Waals surface area contributed by atoms with Crippen LogP contribution >= 0.6 is 0 Å². The van der Waals surface area contributed by atoms with Gasteiger partial charge in [-0.3, -0.25) is 4.90 Å². The summed E-state index contributed by atoms with van der Waals surface area (Å²) < 4.78 is 7.06. The van der Waals surface area contributed by atoms with Gasteiger partial charge in [0.2, 0.25) is 0 Å². The molecule has 2 aliphatic rings. The number of aromatic nitrogens is 2. The zero-order chi connectivity index (χ0) is 14.6. The molecule has 1 aliphatic heterocycles. The van der Waals surface area contributed by atoms with E-state index in [0.29, 0.717) is 19.1 Å². The van der Waals surface area contributed by atoms with Crippen LogP contribution in [0.15, 0.2) is 18.5 Å². The van der Waals surface area contributed by atoms with Crippen LogP contribution < -0.4 is 10.6 Å². The van der Waals surface area contributed by atoms with Crippen molar-refractivity contribution in [2.45, 2.75) is 31.7 Å². The zero-order valence-corrected chi connectivity index (χ0v) is 12.0. The highest BCUT2D eigenvalue weighted by Crippen LogP contribution is 2.42. The summed E-state index contributed by atoms with van der Waals surface area (Å²) >= 11 is 0. The minimum atomic E-state index is -0.296. The van der Waals surface area contributed by atoms with E-state index >= 15 is 0 Å². The van der Waals surface area contributed by atoms with Gasteiger partial charge in [-0.25, -0.2) is 9.78 Å². The van der Waals surface area contributed by atoms with E-state index < -0.39 is 0 Å². The number of hydrogen-bond acceptors (Lipinski definition) is 4. The summed E-state index contributed by atoms with van der Waals surface area (Å²) in [6.45, 7) is 2.91. The van der Waals surface area contributed by atoms with Gasteiger partial charge in [-0.15, -0.1) is 0 Å². The molecule has 2 aromatic rings. The molecular weight excluding hydrogens is 268 g/mol. The number of ether oxygens (including phenoxy) is 1. The topological polar surface area (TPSA) is 72.9 Å². The van der Waals surface area contributed by atoms with Crippen molar-refractivity contribution >= 4 is 17.4 Å². The van der Waals surface area contributed by atoms with E-state index in [1.54, 1.807) is 4.90 Å². The molecule has 110 valence electrons. The Morgan fingerprint density at radius 1 is 1.43 bits per heavy atom. The van der Waals surface area contributed by atoms with Crippen LogP contribution in [0, 0.1) is 0 Å². The summed E-state index contributed by atoms with van der Waals surface area (Å²) in [4.78, 5) is 18.2. The van der Waals surface area contributed by atoms with Gasteiger partial charge in [0, 0.05) is 18.4 Å². The lowest BCUT2D eigenvalue weighted by Gasteiger charge is -2.15. The fraction of sp³-hybridized carbons (Fsp3) is 0.467. The third-order valence-corrected chi connectivity index (χ3v) is 4.14. The highest BCUT2D eigenvalue weighted by Gasteiger charge is 2.30. The number of hydrogen-bond donors (Lipinski definition) is 1. The SMILES string of the molecule is C[C@@H](N)c1cn2cc(C3CC3)cc(N3CCOC3=O)c2n1. The Bertz CT molecular complexity index is 718. The van der Waals surface area contributed by atoms with Gasteiger partial charge in [0.25, 0.3) is 0 Å². The van der Waals surface area contributed by atoms with Crippen molar-refractivity contribution in [3.05, 3.63) is 29.7 Å². The van der Waals surface area contributed by atoms with E-state index in [4.69, 9.17) is 10.5 Å². The van der Waals surface area contributed by atoms with Gasteiger partial charge in [-0.05, 0) is 37.3 Å². The Balaban J connectivity index is 1.90. The monoisotopic (exact) mass is 286 g/mol. The summed E-state index contributed by atoms with van der Waals surface area (Å²) in [6, 6.07) is 1.95. The molecule has 4 rings (SSSR count). The van der Waals surface area contributed by atoms with E-state index in [-0.39, 0.29) is 12.1 Å². The number of nitrogens with two attached hydrogens (primary N) is 1. The molecule has 1 saturated carbocycles. The fourth-order valence-electron chi connectivity index (χ4n) is 2.79. The van der Waals surface area contributed by atoms with E-state index in [0.717, 1.165) is 17.0 Å². The molecular formula is C15H18N4O2.